The van der Waals surface area contributed by atoms with E-state index in [4.69, 9.17) is 0 Å². The number of aromatic amines is 1. The summed E-state index contributed by atoms with van der Waals surface area (Å²) >= 11 is 0. The Morgan fingerprint density at radius 2 is 1.82 bits per heavy atom. The predicted octanol–water partition coefficient (Wildman–Crippen LogP) is 4.28. The van der Waals surface area contributed by atoms with Gasteiger partial charge in [0.2, 0.25) is 0 Å². The van der Waals surface area contributed by atoms with Gasteiger partial charge in [-0.1, -0.05) is 30.3 Å². The van der Waals surface area contributed by atoms with Crippen LogP contribution in [0.25, 0.3) is 22.2 Å². The van der Waals surface area contributed by atoms with Crippen molar-refractivity contribution in [1.82, 2.24) is 4.98 Å². The molecule has 17 heavy (non-hydrogen) atoms. The summed E-state index contributed by atoms with van der Waals surface area (Å²) in [6.07, 6.45) is 0. The Bertz CT molecular complexity index is 682. The molecule has 2 aromatic carbocycles. The number of hydrogen-bond acceptors (Lipinski definition) is 0. The maximum absolute atomic E-state index is 13.6. The van der Waals surface area contributed by atoms with Gasteiger partial charge >= 0.3 is 0 Å². The van der Waals surface area contributed by atoms with Gasteiger partial charge in [-0.25, -0.2) is 4.39 Å². The Labute approximate surface area is 98.9 Å². The topological polar surface area (TPSA) is 15.8 Å². The molecular formula is C15H12FN. The molecule has 0 spiro atoms. The molecule has 0 bridgehead atoms. The third-order valence-electron chi connectivity index (χ3n) is 3.05. The van der Waals surface area contributed by atoms with Gasteiger partial charge < -0.3 is 4.98 Å². The van der Waals surface area contributed by atoms with E-state index in [1.807, 2.05) is 30.3 Å². The minimum atomic E-state index is -0.182. The fraction of sp³-hybridized carbons (Fsp3) is 0.0667. The molecule has 0 fully saturated rings. The maximum Gasteiger partial charge on any atom is 0.132 e. The Kier molecular flexibility index (Phi) is 2.22. The predicted molar refractivity (Wildman–Crippen MR) is 68.4 cm³/mol. The van der Waals surface area contributed by atoms with E-state index in [1.54, 1.807) is 6.07 Å². The zero-order valence-electron chi connectivity index (χ0n) is 9.50. The molecule has 1 aromatic heterocycles. The van der Waals surface area contributed by atoms with Crippen LogP contribution in [0.4, 0.5) is 4.39 Å². The van der Waals surface area contributed by atoms with E-state index < -0.39 is 0 Å². The molecule has 1 nitrogen and oxygen atoms in total. The van der Waals surface area contributed by atoms with Crippen molar-refractivity contribution >= 4 is 10.9 Å². The number of nitrogens with one attached hydrogen (secondary N) is 1. The van der Waals surface area contributed by atoms with E-state index >= 15 is 0 Å². The van der Waals surface area contributed by atoms with Gasteiger partial charge in [-0.3, -0.25) is 0 Å². The van der Waals surface area contributed by atoms with Crippen molar-refractivity contribution < 1.29 is 4.39 Å². The molecule has 84 valence electrons. The van der Waals surface area contributed by atoms with Crippen LogP contribution < -0.4 is 0 Å². The molecular weight excluding hydrogens is 213 g/mol. The van der Waals surface area contributed by atoms with E-state index in [2.05, 4.69) is 18.0 Å². The SMILES string of the molecule is Cc1ccccc1-c1cc2c(F)cccc2[nH]1. The summed E-state index contributed by atoms with van der Waals surface area (Å²) in [5.41, 5.74) is 4.09. The largest absolute Gasteiger partial charge is 0.354 e. The lowest BCUT2D eigenvalue weighted by molar-refractivity contribution is 0.640. The minimum absolute atomic E-state index is 0.182. The molecule has 0 aliphatic rings. The normalized spacial score (nSPS) is 10.9. The molecule has 0 unspecified atom stereocenters. The van der Waals surface area contributed by atoms with Crippen molar-refractivity contribution in [3.63, 3.8) is 0 Å². The molecule has 1 heterocycles. The second kappa shape index (κ2) is 3.74. The average molecular weight is 225 g/mol. The standard InChI is InChI=1S/C15H12FN/c1-10-5-2-3-6-11(10)15-9-12-13(16)7-4-8-14(12)17-15/h2-9,17H,1H3. The summed E-state index contributed by atoms with van der Waals surface area (Å²) < 4.78 is 13.6. The quantitative estimate of drug-likeness (QED) is 0.636. The smallest absolute Gasteiger partial charge is 0.132 e. The zero-order chi connectivity index (χ0) is 11.8. The van der Waals surface area contributed by atoms with Crippen LogP contribution in [0.15, 0.2) is 48.5 Å². The average Bonchev–Trinajstić information content (AvgIpc) is 2.75. The molecule has 0 saturated heterocycles. The summed E-state index contributed by atoms with van der Waals surface area (Å²) in [6, 6.07) is 15.0. The van der Waals surface area contributed by atoms with Crippen molar-refractivity contribution in [2.45, 2.75) is 6.92 Å². The number of H-pyrrole nitrogens is 1. The highest BCUT2D eigenvalue weighted by molar-refractivity contribution is 5.86. The summed E-state index contributed by atoms with van der Waals surface area (Å²) in [6.45, 7) is 2.05. The first kappa shape index (κ1) is 10.1. The molecule has 0 aliphatic heterocycles. The number of halogens is 1. The number of benzene rings is 2. The Balaban J connectivity index is 2.26. The molecule has 1 N–H and O–H groups in total. The molecule has 0 aliphatic carbocycles. The third-order valence-corrected chi connectivity index (χ3v) is 3.05. The van der Waals surface area contributed by atoms with Gasteiger partial charge in [0.25, 0.3) is 0 Å². The zero-order valence-corrected chi connectivity index (χ0v) is 9.50. The van der Waals surface area contributed by atoms with Crippen LogP contribution in [-0.2, 0) is 0 Å². The van der Waals surface area contributed by atoms with E-state index in [0.717, 1.165) is 16.8 Å². The van der Waals surface area contributed by atoms with Gasteiger partial charge in [0.05, 0.1) is 0 Å². The van der Waals surface area contributed by atoms with Crippen LogP contribution in [0.3, 0.4) is 0 Å². The lowest BCUT2D eigenvalue weighted by Gasteiger charge is -2.01. The Morgan fingerprint density at radius 1 is 1.00 bits per heavy atom. The Morgan fingerprint density at radius 3 is 2.59 bits per heavy atom. The van der Waals surface area contributed by atoms with Crippen molar-refractivity contribution in [2.75, 3.05) is 0 Å². The van der Waals surface area contributed by atoms with Crippen molar-refractivity contribution in [3.05, 3.63) is 59.9 Å². The minimum Gasteiger partial charge on any atom is -0.354 e. The van der Waals surface area contributed by atoms with Gasteiger partial charge in [0, 0.05) is 22.2 Å². The fourth-order valence-electron chi connectivity index (χ4n) is 2.14. The second-order valence-electron chi connectivity index (χ2n) is 4.20. The molecule has 2 heteroatoms. The lowest BCUT2D eigenvalue weighted by atomic mass is 10.1. The maximum atomic E-state index is 13.6. The number of rotatable bonds is 1. The first-order valence-corrected chi connectivity index (χ1v) is 5.59. The highest BCUT2D eigenvalue weighted by Crippen LogP contribution is 2.27. The lowest BCUT2D eigenvalue weighted by Crippen LogP contribution is -1.81. The highest BCUT2D eigenvalue weighted by atomic mass is 19.1. The van der Waals surface area contributed by atoms with Gasteiger partial charge in [-0.2, -0.15) is 0 Å². The van der Waals surface area contributed by atoms with Crippen LogP contribution in [0.5, 0.6) is 0 Å². The molecule has 3 rings (SSSR count). The van der Waals surface area contributed by atoms with Crippen LogP contribution in [0.1, 0.15) is 5.56 Å². The second-order valence-corrected chi connectivity index (χ2v) is 4.20. The molecule has 0 amide bonds. The van der Waals surface area contributed by atoms with Crippen molar-refractivity contribution in [2.24, 2.45) is 0 Å². The molecule has 0 saturated carbocycles. The van der Waals surface area contributed by atoms with Crippen LogP contribution in [0.2, 0.25) is 0 Å². The van der Waals surface area contributed by atoms with Crippen LogP contribution in [-0.4, -0.2) is 4.98 Å². The fourth-order valence-corrected chi connectivity index (χ4v) is 2.14. The molecule has 3 aromatic rings. The van der Waals surface area contributed by atoms with Gasteiger partial charge in [-0.15, -0.1) is 0 Å². The summed E-state index contributed by atoms with van der Waals surface area (Å²) in [4.78, 5) is 3.25. The van der Waals surface area contributed by atoms with Gasteiger partial charge in [0.1, 0.15) is 5.82 Å². The van der Waals surface area contributed by atoms with E-state index in [9.17, 15) is 4.39 Å². The van der Waals surface area contributed by atoms with Gasteiger partial charge in [0.15, 0.2) is 0 Å². The highest BCUT2D eigenvalue weighted by Gasteiger charge is 2.07. The van der Waals surface area contributed by atoms with Crippen LogP contribution >= 0.6 is 0 Å². The molecule has 0 atom stereocenters. The molecule has 0 radical (unpaired) electrons. The number of hydrogen-bond donors (Lipinski definition) is 1. The van der Waals surface area contributed by atoms with E-state index in [-0.39, 0.29) is 5.82 Å². The van der Waals surface area contributed by atoms with Crippen molar-refractivity contribution in [1.29, 1.82) is 0 Å². The van der Waals surface area contributed by atoms with Crippen molar-refractivity contribution in [3.8, 4) is 11.3 Å². The third kappa shape index (κ3) is 1.62. The first-order valence-electron chi connectivity index (χ1n) is 5.59. The van der Waals surface area contributed by atoms with Crippen LogP contribution in [0, 0.1) is 12.7 Å². The summed E-state index contributed by atoms with van der Waals surface area (Å²) in [5.74, 6) is -0.182. The summed E-state index contributed by atoms with van der Waals surface area (Å²) in [5, 5.41) is 0.644. The van der Waals surface area contributed by atoms with E-state index in [0.29, 0.717) is 5.39 Å². The monoisotopic (exact) mass is 225 g/mol. The number of aryl methyl sites for hydroxylation is 1. The Hall–Kier alpha value is -2.09. The first-order chi connectivity index (χ1) is 8.25. The van der Waals surface area contributed by atoms with Gasteiger partial charge in [-0.05, 0) is 30.7 Å². The number of fused-ring (bicyclic) bond motifs is 1. The number of aromatic nitrogens is 1. The summed E-state index contributed by atoms with van der Waals surface area (Å²) in [7, 11) is 0. The van der Waals surface area contributed by atoms with E-state index in [1.165, 1.54) is 11.6 Å².